The number of aromatic nitrogens is 3. The predicted octanol–water partition coefficient (Wildman–Crippen LogP) is 1.42. The van der Waals surface area contributed by atoms with E-state index >= 15 is 0 Å². The minimum absolute atomic E-state index is 0.263. The zero-order valence-corrected chi connectivity index (χ0v) is 10.5. The number of carbonyl (C=O) groups excluding carboxylic acids is 1. The van der Waals surface area contributed by atoms with E-state index in [0.717, 1.165) is 5.16 Å². The maximum absolute atomic E-state index is 11.3. The molecule has 0 aliphatic rings. The number of rotatable bonds is 5. The first-order chi connectivity index (χ1) is 7.69. The van der Waals surface area contributed by atoms with Gasteiger partial charge in [0.1, 0.15) is 6.33 Å². The molecule has 16 heavy (non-hydrogen) atoms. The van der Waals surface area contributed by atoms with Crippen molar-refractivity contribution < 1.29 is 9.53 Å². The molecule has 1 heterocycles. The van der Waals surface area contributed by atoms with Gasteiger partial charge < -0.3 is 9.30 Å². The fourth-order valence-electron chi connectivity index (χ4n) is 1.12. The predicted molar refractivity (Wildman–Crippen MR) is 62.1 cm³/mol. The van der Waals surface area contributed by atoms with Crippen LogP contribution in [-0.4, -0.2) is 33.6 Å². The number of nitrogens with zero attached hydrogens (tertiary/aromatic N) is 3. The third kappa shape index (κ3) is 3.37. The second-order valence-electron chi connectivity index (χ2n) is 3.11. The SMILES string of the molecule is CCC(=CCSc1nncn1C)C(=O)OC. The van der Waals surface area contributed by atoms with E-state index < -0.39 is 0 Å². The summed E-state index contributed by atoms with van der Waals surface area (Å²) in [6.07, 6.45) is 4.18. The molecule has 1 rings (SSSR count). The van der Waals surface area contributed by atoms with Gasteiger partial charge in [0.25, 0.3) is 0 Å². The number of aryl methyl sites for hydroxylation is 1. The molecule has 0 N–H and O–H groups in total. The molecule has 0 amide bonds. The summed E-state index contributed by atoms with van der Waals surface area (Å²) in [5.74, 6) is 0.422. The molecule has 0 aliphatic heterocycles. The molecule has 1 aromatic heterocycles. The highest BCUT2D eigenvalue weighted by Gasteiger charge is 2.06. The Morgan fingerprint density at radius 3 is 2.94 bits per heavy atom. The van der Waals surface area contributed by atoms with Gasteiger partial charge in [0.05, 0.1) is 7.11 Å². The van der Waals surface area contributed by atoms with Crippen LogP contribution in [-0.2, 0) is 16.6 Å². The molecule has 5 nitrogen and oxygen atoms in total. The lowest BCUT2D eigenvalue weighted by Gasteiger charge is -2.01. The van der Waals surface area contributed by atoms with Gasteiger partial charge in [-0.1, -0.05) is 24.8 Å². The van der Waals surface area contributed by atoms with Gasteiger partial charge in [-0.05, 0) is 6.42 Å². The van der Waals surface area contributed by atoms with Crippen molar-refractivity contribution in [3.63, 3.8) is 0 Å². The lowest BCUT2D eigenvalue weighted by Crippen LogP contribution is -2.04. The van der Waals surface area contributed by atoms with Crippen molar-refractivity contribution in [1.29, 1.82) is 0 Å². The lowest BCUT2D eigenvalue weighted by atomic mass is 10.2. The van der Waals surface area contributed by atoms with E-state index in [1.165, 1.54) is 18.9 Å². The molecule has 0 aromatic carbocycles. The van der Waals surface area contributed by atoms with Crippen molar-refractivity contribution in [1.82, 2.24) is 14.8 Å². The molecule has 0 radical (unpaired) electrons. The highest BCUT2D eigenvalue weighted by molar-refractivity contribution is 7.99. The first kappa shape index (κ1) is 12.8. The molecule has 0 bridgehead atoms. The fourth-order valence-corrected chi connectivity index (χ4v) is 1.91. The third-order valence-electron chi connectivity index (χ3n) is 2.04. The Bertz CT molecular complexity index is 387. The van der Waals surface area contributed by atoms with Gasteiger partial charge in [-0.2, -0.15) is 0 Å². The molecule has 0 saturated heterocycles. The van der Waals surface area contributed by atoms with Crippen LogP contribution in [0.25, 0.3) is 0 Å². The molecule has 0 spiro atoms. The molecular weight excluding hydrogens is 226 g/mol. The average Bonchev–Trinajstić information content (AvgIpc) is 2.69. The Balaban J connectivity index is 2.52. The van der Waals surface area contributed by atoms with Gasteiger partial charge in [-0.3, -0.25) is 0 Å². The number of hydrogen-bond acceptors (Lipinski definition) is 5. The maximum atomic E-state index is 11.3. The molecule has 0 fully saturated rings. The lowest BCUT2D eigenvalue weighted by molar-refractivity contribution is -0.136. The van der Waals surface area contributed by atoms with Gasteiger partial charge in [0.15, 0.2) is 5.16 Å². The van der Waals surface area contributed by atoms with Crippen LogP contribution in [0.2, 0.25) is 0 Å². The first-order valence-electron chi connectivity index (χ1n) is 4.93. The van der Waals surface area contributed by atoms with Crippen molar-refractivity contribution in [3.8, 4) is 0 Å². The van der Waals surface area contributed by atoms with E-state index in [-0.39, 0.29) is 5.97 Å². The highest BCUT2D eigenvalue weighted by atomic mass is 32.2. The fraction of sp³-hybridized carbons (Fsp3) is 0.500. The van der Waals surface area contributed by atoms with Gasteiger partial charge in [0.2, 0.25) is 0 Å². The molecule has 88 valence electrons. The van der Waals surface area contributed by atoms with Crippen LogP contribution in [0.5, 0.6) is 0 Å². The highest BCUT2D eigenvalue weighted by Crippen LogP contribution is 2.15. The number of esters is 1. The number of carbonyl (C=O) groups is 1. The summed E-state index contributed by atoms with van der Waals surface area (Å²) in [5.41, 5.74) is 0.692. The van der Waals surface area contributed by atoms with Crippen LogP contribution >= 0.6 is 11.8 Å². The Kier molecular flexibility index (Phi) is 5.04. The number of hydrogen-bond donors (Lipinski definition) is 0. The molecule has 0 aliphatic carbocycles. The summed E-state index contributed by atoms with van der Waals surface area (Å²) in [6.45, 7) is 1.93. The van der Waals surface area contributed by atoms with Gasteiger partial charge >= 0.3 is 5.97 Å². The van der Waals surface area contributed by atoms with Crippen LogP contribution in [0, 0.1) is 0 Å². The van der Waals surface area contributed by atoms with Crippen molar-refractivity contribution in [2.45, 2.75) is 18.5 Å². The van der Waals surface area contributed by atoms with E-state index in [1.807, 2.05) is 24.6 Å². The molecule has 6 heteroatoms. The first-order valence-corrected chi connectivity index (χ1v) is 5.91. The topological polar surface area (TPSA) is 57.0 Å². The smallest absolute Gasteiger partial charge is 0.333 e. The largest absolute Gasteiger partial charge is 0.466 e. The third-order valence-corrected chi connectivity index (χ3v) is 3.00. The standard InChI is InChI=1S/C10H15N3O2S/c1-4-8(9(14)15-3)5-6-16-10-12-11-7-13(10)2/h5,7H,4,6H2,1-3H3. The molecule has 0 saturated carbocycles. The molecular formula is C10H15N3O2S. The quantitative estimate of drug-likeness (QED) is 0.443. The van der Waals surface area contributed by atoms with E-state index in [0.29, 0.717) is 17.7 Å². The van der Waals surface area contributed by atoms with E-state index in [4.69, 9.17) is 0 Å². The summed E-state index contributed by atoms with van der Waals surface area (Å²) < 4.78 is 6.50. The van der Waals surface area contributed by atoms with Crippen LogP contribution < -0.4 is 0 Å². The molecule has 1 aromatic rings. The second-order valence-corrected chi connectivity index (χ2v) is 4.10. The minimum Gasteiger partial charge on any atom is -0.466 e. The zero-order chi connectivity index (χ0) is 12.0. The minimum atomic E-state index is -0.263. The van der Waals surface area contributed by atoms with Gasteiger partial charge in [-0.15, -0.1) is 10.2 Å². The number of methoxy groups -OCH3 is 1. The van der Waals surface area contributed by atoms with Crippen LogP contribution in [0.15, 0.2) is 23.1 Å². The monoisotopic (exact) mass is 241 g/mol. The van der Waals surface area contributed by atoms with Gasteiger partial charge in [-0.25, -0.2) is 4.79 Å². The summed E-state index contributed by atoms with van der Waals surface area (Å²) in [5, 5.41) is 8.53. The second kappa shape index (κ2) is 6.32. The zero-order valence-electron chi connectivity index (χ0n) is 9.64. The number of thioether (sulfide) groups is 1. The van der Waals surface area contributed by atoms with Crippen LogP contribution in [0.1, 0.15) is 13.3 Å². The van der Waals surface area contributed by atoms with Crippen molar-refractivity contribution in [2.24, 2.45) is 7.05 Å². The van der Waals surface area contributed by atoms with E-state index in [2.05, 4.69) is 14.9 Å². The normalized spacial score (nSPS) is 11.6. The van der Waals surface area contributed by atoms with Gasteiger partial charge in [0, 0.05) is 18.4 Å². The average molecular weight is 241 g/mol. The summed E-state index contributed by atoms with van der Waals surface area (Å²) in [7, 11) is 3.27. The summed E-state index contributed by atoms with van der Waals surface area (Å²) in [4.78, 5) is 11.3. The summed E-state index contributed by atoms with van der Waals surface area (Å²) >= 11 is 1.53. The maximum Gasteiger partial charge on any atom is 0.333 e. The Morgan fingerprint density at radius 2 is 2.44 bits per heavy atom. The Hall–Kier alpha value is -1.30. The Labute approximate surface area is 98.9 Å². The number of ether oxygens (including phenoxy) is 1. The van der Waals surface area contributed by atoms with E-state index in [1.54, 1.807) is 6.33 Å². The molecule has 0 unspecified atom stereocenters. The van der Waals surface area contributed by atoms with Crippen LogP contribution in [0.4, 0.5) is 0 Å². The van der Waals surface area contributed by atoms with Crippen LogP contribution in [0.3, 0.4) is 0 Å². The molecule has 0 atom stereocenters. The summed E-state index contributed by atoms with van der Waals surface area (Å²) in [6, 6.07) is 0. The Morgan fingerprint density at radius 1 is 1.69 bits per heavy atom. The van der Waals surface area contributed by atoms with Crippen molar-refractivity contribution in [3.05, 3.63) is 18.0 Å². The van der Waals surface area contributed by atoms with E-state index in [9.17, 15) is 4.79 Å². The van der Waals surface area contributed by atoms with Crippen molar-refractivity contribution in [2.75, 3.05) is 12.9 Å². The van der Waals surface area contributed by atoms with Crippen molar-refractivity contribution >= 4 is 17.7 Å².